The Morgan fingerprint density at radius 1 is 0.509 bits per heavy atom. The number of nitrogens with zero attached hydrogens (tertiary/aromatic N) is 3. The van der Waals surface area contributed by atoms with Crippen molar-refractivity contribution in [3.8, 4) is 50.6 Å². The summed E-state index contributed by atoms with van der Waals surface area (Å²) in [4.78, 5) is 10.4. The van der Waals surface area contributed by atoms with Crippen LogP contribution in [0.25, 0.3) is 44.5 Å². The van der Waals surface area contributed by atoms with Gasteiger partial charge in [0, 0.05) is 17.4 Å². The quantitative estimate of drug-likeness (QED) is 0.173. The van der Waals surface area contributed by atoms with Gasteiger partial charge in [0.25, 0.3) is 0 Å². The molecule has 0 radical (unpaired) electrons. The highest BCUT2D eigenvalue weighted by atomic mass is 15.0. The lowest BCUT2D eigenvalue weighted by Gasteiger charge is -2.22. The third-order valence-electron chi connectivity index (χ3n) is 10.9. The Morgan fingerprint density at radius 3 is 1.74 bits per heavy atom. The molecule has 9 rings (SSSR count). The predicted molar refractivity (Wildman–Crippen MR) is 218 cm³/mol. The van der Waals surface area contributed by atoms with Gasteiger partial charge in [-0.2, -0.15) is 5.26 Å². The van der Waals surface area contributed by atoms with Crippen LogP contribution in [-0.4, -0.2) is 11.5 Å². The maximum atomic E-state index is 9.56. The number of hydrogen-bond acceptors (Lipinski definition) is 3. The van der Waals surface area contributed by atoms with Crippen molar-refractivity contribution in [1.29, 1.82) is 5.26 Å². The van der Waals surface area contributed by atoms with E-state index in [9.17, 15) is 5.26 Å². The second-order valence-electron chi connectivity index (χ2n) is 14.5. The topological polar surface area (TPSA) is 48.5 Å². The van der Waals surface area contributed by atoms with Crippen LogP contribution >= 0.6 is 0 Å². The van der Waals surface area contributed by atoms with Gasteiger partial charge in [0.2, 0.25) is 0 Å². The molecule has 53 heavy (non-hydrogen) atoms. The summed E-state index contributed by atoms with van der Waals surface area (Å²) in [5.41, 5.74) is 16.9. The van der Waals surface area contributed by atoms with Gasteiger partial charge in [-0.15, -0.1) is 0 Å². The molecule has 0 spiro atoms. The molecule has 2 aliphatic rings. The van der Waals surface area contributed by atoms with Crippen LogP contribution in [0.3, 0.4) is 0 Å². The molecule has 0 amide bonds. The number of hydrogen-bond donors (Lipinski definition) is 0. The Labute approximate surface area is 311 Å². The van der Waals surface area contributed by atoms with E-state index < -0.39 is 0 Å². The lowest BCUT2D eigenvalue weighted by Crippen LogP contribution is -2.17. The predicted octanol–water partition coefficient (Wildman–Crippen LogP) is 12.2. The molecule has 1 heterocycles. The van der Waals surface area contributed by atoms with Crippen LogP contribution in [0.15, 0.2) is 180 Å². The number of nitriles is 1. The summed E-state index contributed by atoms with van der Waals surface area (Å²) < 4.78 is 0. The van der Waals surface area contributed by atoms with Gasteiger partial charge >= 0.3 is 0 Å². The zero-order valence-electron chi connectivity index (χ0n) is 29.8. The molecular formula is C50H37N3. The monoisotopic (exact) mass is 679 g/mol. The van der Waals surface area contributed by atoms with Gasteiger partial charge in [-0.05, 0) is 97.1 Å². The molecular weight excluding hydrogens is 643 g/mol. The van der Waals surface area contributed by atoms with E-state index in [4.69, 9.17) is 9.98 Å². The second kappa shape index (κ2) is 13.2. The molecule has 1 unspecified atom stereocenters. The second-order valence-corrected chi connectivity index (χ2v) is 14.5. The Hall–Kier alpha value is -6.63. The van der Waals surface area contributed by atoms with Gasteiger partial charge in [-0.3, -0.25) is 4.99 Å². The fraction of sp³-hybridized carbons (Fsp3) is 0.100. The van der Waals surface area contributed by atoms with E-state index in [0.717, 1.165) is 34.7 Å². The number of fused-ring (bicyclic) bond motifs is 3. The molecule has 3 heteroatoms. The smallest absolute Gasteiger partial charge is 0.155 e. The molecule has 0 saturated heterocycles. The van der Waals surface area contributed by atoms with Crippen LogP contribution in [0, 0.1) is 11.3 Å². The number of benzene rings is 7. The summed E-state index contributed by atoms with van der Waals surface area (Å²) >= 11 is 0. The Balaban J connectivity index is 1.04. The molecule has 0 aromatic heterocycles. The normalized spacial score (nSPS) is 15.5. The zero-order chi connectivity index (χ0) is 35.9. The van der Waals surface area contributed by atoms with Gasteiger partial charge in [0.15, 0.2) is 5.84 Å². The first-order valence-corrected chi connectivity index (χ1v) is 18.2. The van der Waals surface area contributed by atoms with Crippen LogP contribution in [0.2, 0.25) is 0 Å². The van der Waals surface area contributed by atoms with Crippen LogP contribution in [-0.2, 0) is 5.41 Å². The molecule has 0 N–H and O–H groups in total. The Morgan fingerprint density at radius 2 is 1.04 bits per heavy atom. The van der Waals surface area contributed by atoms with Gasteiger partial charge in [0.1, 0.15) is 0 Å². The van der Waals surface area contributed by atoms with Crippen molar-refractivity contribution in [2.75, 3.05) is 0 Å². The molecule has 7 aromatic carbocycles. The summed E-state index contributed by atoms with van der Waals surface area (Å²) in [5, 5.41) is 9.56. The van der Waals surface area contributed by atoms with Crippen LogP contribution in [0.5, 0.6) is 0 Å². The van der Waals surface area contributed by atoms with Crippen LogP contribution in [0.1, 0.15) is 59.7 Å². The van der Waals surface area contributed by atoms with Crippen molar-refractivity contribution in [1.82, 2.24) is 0 Å². The molecule has 1 atom stereocenters. The van der Waals surface area contributed by atoms with E-state index in [1.54, 1.807) is 0 Å². The molecule has 3 nitrogen and oxygen atoms in total. The van der Waals surface area contributed by atoms with E-state index in [0.29, 0.717) is 5.56 Å². The summed E-state index contributed by atoms with van der Waals surface area (Å²) in [6.45, 7) is 4.52. The summed E-state index contributed by atoms with van der Waals surface area (Å²) in [6, 6.07) is 62.4. The minimum absolute atomic E-state index is 0.0724. The highest BCUT2D eigenvalue weighted by Crippen LogP contribution is 2.50. The molecule has 0 fully saturated rings. The van der Waals surface area contributed by atoms with Crippen molar-refractivity contribution in [2.24, 2.45) is 9.98 Å². The highest BCUT2D eigenvalue weighted by molar-refractivity contribution is 6.14. The van der Waals surface area contributed by atoms with Crippen LogP contribution in [0.4, 0.5) is 0 Å². The zero-order valence-corrected chi connectivity index (χ0v) is 29.8. The van der Waals surface area contributed by atoms with E-state index in [1.165, 1.54) is 55.6 Å². The molecule has 1 aliphatic carbocycles. The average Bonchev–Trinajstić information content (AvgIpc) is 3.46. The van der Waals surface area contributed by atoms with Crippen molar-refractivity contribution in [3.63, 3.8) is 0 Å². The fourth-order valence-corrected chi connectivity index (χ4v) is 7.96. The Bertz CT molecular complexity index is 2610. The number of aliphatic imine (C=N–C) groups is 2. The minimum Gasteiger partial charge on any atom is -0.258 e. The SMILES string of the molecule is CC1(C)c2cc(C#N)ccc2-c2ccc(-c3cccc(-c4cccc(C5CC(c6ccccc6)=NC(c6ccc(-c7ccccc7)cc6)=N5)c4)c3)cc21. The van der Waals surface area contributed by atoms with Crippen molar-refractivity contribution in [3.05, 3.63) is 203 Å². The van der Waals surface area contributed by atoms with Crippen molar-refractivity contribution < 1.29 is 0 Å². The van der Waals surface area contributed by atoms with E-state index in [2.05, 4.69) is 172 Å². The molecule has 1 aliphatic heterocycles. The summed E-state index contributed by atoms with van der Waals surface area (Å²) in [5.74, 6) is 0.762. The van der Waals surface area contributed by atoms with Crippen LogP contribution < -0.4 is 0 Å². The first kappa shape index (κ1) is 32.3. The maximum Gasteiger partial charge on any atom is 0.155 e. The number of rotatable bonds is 6. The first-order valence-electron chi connectivity index (χ1n) is 18.2. The summed E-state index contributed by atoms with van der Waals surface area (Å²) in [6.07, 6.45) is 0.724. The van der Waals surface area contributed by atoms with Gasteiger partial charge in [-0.1, -0.05) is 153 Å². The van der Waals surface area contributed by atoms with Crippen molar-refractivity contribution >= 4 is 11.5 Å². The molecule has 252 valence electrons. The first-order chi connectivity index (χ1) is 25.9. The van der Waals surface area contributed by atoms with Gasteiger partial charge < -0.3 is 0 Å². The van der Waals surface area contributed by atoms with E-state index in [1.807, 2.05) is 18.2 Å². The van der Waals surface area contributed by atoms with Crippen molar-refractivity contribution in [2.45, 2.75) is 31.7 Å². The fourth-order valence-electron chi connectivity index (χ4n) is 7.96. The third-order valence-corrected chi connectivity index (χ3v) is 10.9. The van der Waals surface area contributed by atoms with E-state index in [-0.39, 0.29) is 11.5 Å². The van der Waals surface area contributed by atoms with Gasteiger partial charge in [-0.25, -0.2) is 4.99 Å². The van der Waals surface area contributed by atoms with Gasteiger partial charge in [0.05, 0.1) is 23.4 Å². The largest absolute Gasteiger partial charge is 0.258 e. The molecule has 0 bridgehead atoms. The lowest BCUT2D eigenvalue weighted by molar-refractivity contribution is 0.660. The maximum absolute atomic E-state index is 9.56. The summed E-state index contributed by atoms with van der Waals surface area (Å²) in [7, 11) is 0. The number of amidine groups is 1. The van der Waals surface area contributed by atoms with E-state index >= 15 is 0 Å². The lowest BCUT2D eigenvalue weighted by atomic mass is 9.81. The Kier molecular flexibility index (Phi) is 8.02. The minimum atomic E-state index is -0.190. The highest BCUT2D eigenvalue weighted by Gasteiger charge is 2.35. The standard InChI is InChI=1S/C50H37N3/c1-50(2)45-27-33(32-51)19-25-43(45)44-26-24-41(30-46(44)50)39-16-9-15-38(28-39)40-17-10-18-42(29-40)48-31-47(36-13-7-4-8-14-36)52-49(53-48)37-22-20-35(21-23-37)34-11-5-3-6-12-34/h3-30,48H,31H2,1-2H3. The third kappa shape index (κ3) is 5.99. The molecule has 7 aromatic rings. The average molecular weight is 680 g/mol. The molecule has 0 saturated carbocycles.